The quantitative estimate of drug-likeness (QED) is 0.868. The molecule has 2 fully saturated rings. The second-order valence-electron chi connectivity index (χ2n) is 7.51. The summed E-state index contributed by atoms with van der Waals surface area (Å²) in [5.41, 5.74) is 2.40. The lowest BCUT2D eigenvalue weighted by Crippen LogP contribution is -2.52. The summed E-state index contributed by atoms with van der Waals surface area (Å²) in [6, 6.07) is 8.45. The van der Waals surface area contributed by atoms with E-state index >= 15 is 0 Å². The fraction of sp³-hybridized carbons (Fsp3) is 0.650. The molecule has 2 unspecified atom stereocenters. The third kappa shape index (κ3) is 5.02. The topological polar surface area (TPSA) is 35.6 Å². The van der Waals surface area contributed by atoms with Gasteiger partial charge in [0.1, 0.15) is 0 Å². The third-order valence-corrected chi connectivity index (χ3v) is 5.70. The van der Waals surface area contributed by atoms with Gasteiger partial charge < -0.3 is 10.2 Å². The highest BCUT2D eigenvalue weighted by molar-refractivity contribution is 5.78. The van der Waals surface area contributed by atoms with Crippen molar-refractivity contribution in [3.8, 4) is 0 Å². The number of amides is 1. The lowest BCUT2D eigenvalue weighted by atomic mass is 9.97. The highest BCUT2D eigenvalue weighted by Crippen LogP contribution is 2.33. The maximum absolute atomic E-state index is 13.0. The van der Waals surface area contributed by atoms with E-state index in [1.54, 1.807) is 0 Å². The van der Waals surface area contributed by atoms with Gasteiger partial charge in [0.15, 0.2) is 0 Å². The van der Waals surface area contributed by atoms with E-state index in [0.29, 0.717) is 19.5 Å². The zero-order valence-corrected chi connectivity index (χ0v) is 15.8. The first-order chi connectivity index (χ1) is 12.9. The first kappa shape index (κ1) is 20.1. The Bertz CT molecular complexity index is 632. The molecular formula is C20H28F3N3O. The fourth-order valence-corrected chi connectivity index (χ4v) is 3.98. The average Bonchev–Trinajstić information content (AvgIpc) is 2.68. The van der Waals surface area contributed by atoms with E-state index < -0.39 is 12.1 Å². The number of rotatable bonds is 4. The number of aryl methyl sites for hydroxylation is 1. The molecule has 0 saturated carbocycles. The van der Waals surface area contributed by atoms with E-state index in [1.807, 2.05) is 0 Å². The Morgan fingerprint density at radius 3 is 2.63 bits per heavy atom. The predicted molar refractivity (Wildman–Crippen MR) is 98.4 cm³/mol. The second kappa shape index (κ2) is 8.61. The Morgan fingerprint density at radius 2 is 1.96 bits per heavy atom. The zero-order valence-electron chi connectivity index (χ0n) is 15.8. The van der Waals surface area contributed by atoms with Crippen LogP contribution in [0, 0.1) is 5.92 Å². The molecule has 0 aromatic heterocycles. The molecule has 4 nitrogen and oxygen atoms in total. The summed E-state index contributed by atoms with van der Waals surface area (Å²) in [6.07, 6.45) is -2.72. The van der Waals surface area contributed by atoms with E-state index in [2.05, 4.69) is 41.4 Å². The van der Waals surface area contributed by atoms with Crippen molar-refractivity contribution in [2.75, 3.05) is 39.3 Å². The van der Waals surface area contributed by atoms with E-state index in [-0.39, 0.29) is 31.5 Å². The van der Waals surface area contributed by atoms with Crippen LogP contribution in [0.2, 0.25) is 0 Å². The van der Waals surface area contributed by atoms with Crippen molar-refractivity contribution in [3.05, 3.63) is 35.4 Å². The number of benzene rings is 1. The van der Waals surface area contributed by atoms with Crippen molar-refractivity contribution < 1.29 is 18.0 Å². The second-order valence-corrected chi connectivity index (χ2v) is 7.51. The Hall–Kier alpha value is -1.60. The molecule has 0 spiro atoms. The van der Waals surface area contributed by atoms with Gasteiger partial charge in [-0.25, -0.2) is 0 Å². The van der Waals surface area contributed by atoms with E-state index in [0.717, 1.165) is 25.1 Å². The van der Waals surface area contributed by atoms with Crippen molar-refractivity contribution in [1.29, 1.82) is 0 Å². The maximum atomic E-state index is 13.0. The largest absolute Gasteiger partial charge is 0.393 e. The number of piperazine rings is 1. The van der Waals surface area contributed by atoms with E-state index in [9.17, 15) is 18.0 Å². The van der Waals surface area contributed by atoms with Crippen LogP contribution < -0.4 is 5.32 Å². The van der Waals surface area contributed by atoms with Crippen molar-refractivity contribution in [1.82, 2.24) is 15.1 Å². The van der Waals surface area contributed by atoms with Gasteiger partial charge >= 0.3 is 6.18 Å². The summed E-state index contributed by atoms with van der Waals surface area (Å²) in [7, 11) is 0. The minimum Gasteiger partial charge on any atom is -0.341 e. The number of hydrogen-bond donors (Lipinski definition) is 1. The molecule has 0 radical (unpaired) electrons. The number of halogens is 3. The van der Waals surface area contributed by atoms with Gasteiger partial charge in [0.05, 0.1) is 12.5 Å². The molecule has 150 valence electrons. The molecule has 1 amide bonds. The van der Waals surface area contributed by atoms with Gasteiger partial charge in [-0.15, -0.1) is 0 Å². The molecule has 0 bridgehead atoms. The molecule has 1 N–H and O–H groups in total. The Labute approximate surface area is 158 Å². The number of likely N-dealkylation sites (tertiary alicyclic amines) is 1. The maximum Gasteiger partial charge on any atom is 0.393 e. The lowest BCUT2D eigenvalue weighted by molar-refractivity contribution is -0.188. The summed E-state index contributed by atoms with van der Waals surface area (Å²) in [6.45, 7) is 4.73. The molecule has 2 aliphatic heterocycles. The number of piperidine rings is 1. The summed E-state index contributed by atoms with van der Waals surface area (Å²) in [5, 5.41) is 3.36. The molecule has 7 heteroatoms. The van der Waals surface area contributed by atoms with Crippen LogP contribution >= 0.6 is 0 Å². The summed E-state index contributed by atoms with van der Waals surface area (Å²) < 4.78 is 39.1. The van der Waals surface area contributed by atoms with E-state index in [4.69, 9.17) is 0 Å². The number of nitrogens with one attached hydrogen (secondary N) is 1. The SMILES string of the molecule is CCc1ccc(C2CNCCN2CC(=O)N2CCCC(C(F)(F)F)C2)cc1. The Balaban J connectivity index is 1.65. The number of alkyl halides is 3. The van der Waals surface area contributed by atoms with Crippen molar-refractivity contribution in [2.45, 2.75) is 38.4 Å². The molecule has 2 saturated heterocycles. The van der Waals surface area contributed by atoms with Gasteiger partial charge in [0, 0.05) is 38.8 Å². The number of nitrogens with zero attached hydrogens (tertiary/aromatic N) is 2. The Morgan fingerprint density at radius 1 is 1.22 bits per heavy atom. The minimum absolute atomic E-state index is 0.0665. The molecule has 1 aromatic carbocycles. The zero-order chi connectivity index (χ0) is 19.4. The highest BCUT2D eigenvalue weighted by atomic mass is 19.4. The Kier molecular flexibility index (Phi) is 6.42. The fourth-order valence-electron chi connectivity index (χ4n) is 3.98. The van der Waals surface area contributed by atoms with Gasteiger partial charge in [-0.3, -0.25) is 9.69 Å². The smallest absolute Gasteiger partial charge is 0.341 e. The molecule has 2 aliphatic rings. The summed E-state index contributed by atoms with van der Waals surface area (Å²) >= 11 is 0. The van der Waals surface area contributed by atoms with Gasteiger partial charge in [0.25, 0.3) is 0 Å². The molecule has 27 heavy (non-hydrogen) atoms. The van der Waals surface area contributed by atoms with Crippen LogP contribution in [0.25, 0.3) is 0 Å². The van der Waals surface area contributed by atoms with Gasteiger partial charge in [0.2, 0.25) is 5.91 Å². The minimum atomic E-state index is -4.22. The van der Waals surface area contributed by atoms with Crippen molar-refractivity contribution in [3.63, 3.8) is 0 Å². The van der Waals surface area contributed by atoms with Gasteiger partial charge in [-0.05, 0) is 30.4 Å². The van der Waals surface area contributed by atoms with Crippen LogP contribution in [0.5, 0.6) is 0 Å². The van der Waals surface area contributed by atoms with Crippen LogP contribution in [-0.2, 0) is 11.2 Å². The predicted octanol–water partition coefficient (Wildman–Crippen LogP) is 3.00. The van der Waals surface area contributed by atoms with Crippen molar-refractivity contribution in [2.24, 2.45) is 5.92 Å². The van der Waals surface area contributed by atoms with Crippen LogP contribution in [0.1, 0.15) is 36.9 Å². The van der Waals surface area contributed by atoms with Crippen LogP contribution in [0.3, 0.4) is 0 Å². The van der Waals surface area contributed by atoms with Gasteiger partial charge in [-0.2, -0.15) is 13.2 Å². The standard InChI is InChI=1S/C20H28F3N3O/c1-2-15-5-7-16(8-6-15)18-12-24-9-11-25(18)14-19(27)26-10-3-4-17(13-26)20(21,22)23/h5-8,17-18,24H,2-4,9-14H2,1H3. The molecule has 2 atom stereocenters. The summed E-state index contributed by atoms with van der Waals surface area (Å²) in [5.74, 6) is -1.59. The summed E-state index contributed by atoms with van der Waals surface area (Å²) in [4.78, 5) is 16.2. The first-order valence-electron chi connectivity index (χ1n) is 9.76. The number of hydrogen-bond acceptors (Lipinski definition) is 3. The van der Waals surface area contributed by atoms with Crippen LogP contribution in [0.4, 0.5) is 13.2 Å². The molecular weight excluding hydrogens is 355 g/mol. The third-order valence-electron chi connectivity index (χ3n) is 5.70. The molecule has 0 aliphatic carbocycles. The van der Waals surface area contributed by atoms with Crippen LogP contribution in [0.15, 0.2) is 24.3 Å². The van der Waals surface area contributed by atoms with Gasteiger partial charge in [-0.1, -0.05) is 31.2 Å². The molecule has 1 aromatic rings. The number of carbonyl (C=O) groups is 1. The molecule has 3 rings (SSSR count). The lowest BCUT2D eigenvalue weighted by Gasteiger charge is -2.39. The normalized spacial score (nSPS) is 24.8. The molecule has 2 heterocycles. The number of carbonyl (C=O) groups excluding carboxylic acids is 1. The monoisotopic (exact) mass is 383 g/mol. The highest BCUT2D eigenvalue weighted by Gasteiger charge is 2.43. The van der Waals surface area contributed by atoms with E-state index in [1.165, 1.54) is 10.5 Å². The van der Waals surface area contributed by atoms with Crippen LogP contribution in [-0.4, -0.2) is 61.2 Å². The first-order valence-corrected chi connectivity index (χ1v) is 9.76. The average molecular weight is 383 g/mol. The van der Waals surface area contributed by atoms with Crippen molar-refractivity contribution >= 4 is 5.91 Å².